The van der Waals surface area contributed by atoms with E-state index in [1.54, 1.807) is 6.07 Å². The van der Waals surface area contributed by atoms with Crippen LogP contribution in [0.3, 0.4) is 0 Å². The molecule has 0 saturated carbocycles. The Morgan fingerprint density at radius 3 is 2.94 bits per heavy atom. The van der Waals surface area contributed by atoms with Crippen LogP contribution in [0.5, 0.6) is 0 Å². The molecule has 1 N–H and O–H groups in total. The monoisotopic (exact) mass is 239 g/mol. The molecule has 2 rings (SSSR count). The zero-order chi connectivity index (χ0) is 12.4. The van der Waals surface area contributed by atoms with Crippen LogP contribution >= 0.6 is 0 Å². The van der Waals surface area contributed by atoms with Crippen LogP contribution in [0.4, 0.5) is 0 Å². The summed E-state index contributed by atoms with van der Waals surface area (Å²) in [6.07, 6.45) is 0.865. The Balaban J connectivity index is 2.18. The first-order valence-corrected chi connectivity index (χ1v) is 5.24. The summed E-state index contributed by atoms with van der Waals surface area (Å²) in [4.78, 5) is 24.8. The third-order valence-electron chi connectivity index (χ3n) is 2.75. The highest BCUT2D eigenvalue weighted by atomic mass is 16.5. The van der Waals surface area contributed by atoms with Crippen molar-refractivity contribution >= 4 is 11.9 Å². The Morgan fingerprint density at radius 2 is 2.35 bits per heavy atom. The molecular weight excluding hydrogens is 226 g/mol. The molecule has 6 heteroatoms. The van der Waals surface area contributed by atoms with Gasteiger partial charge in [-0.15, -0.1) is 0 Å². The summed E-state index contributed by atoms with van der Waals surface area (Å²) in [6.45, 7) is 0.110. The predicted octanol–water partition coefficient (Wildman–Crippen LogP) is 0.0280. The normalized spacial score (nSPS) is 23.8. The Morgan fingerprint density at radius 1 is 1.59 bits per heavy atom. The molecule has 0 aliphatic carbocycles. The van der Waals surface area contributed by atoms with Crippen molar-refractivity contribution in [2.45, 2.75) is 18.6 Å². The largest absolute Gasteiger partial charge is 0.467 e. The quantitative estimate of drug-likeness (QED) is 0.736. The lowest BCUT2D eigenvalue weighted by Gasteiger charge is -2.20. The maximum absolute atomic E-state index is 12.0. The highest BCUT2D eigenvalue weighted by Crippen LogP contribution is 2.21. The van der Waals surface area contributed by atoms with Gasteiger partial charge in [-0.3, -0.25) is 4.79 Å². The van der Waals surface area contributed by atoms with Crippen molar-refractivity contribution in [1.82, 2.24) is 4.90 Å². The van der Waals surface area contributed by atoms with Gasteiger partial charge in [-0.2, -0.15) is 0 Å². The van der Waals surface area contributed by atoms with Crippen LogP contribution in [0.2, 0.25) is 0 Å². The number of aliphatic hydroxyl groups is 1. The second-order valence-corrected chi connectivity index (χ2v) is 3.86. The molecule has 6 nitrogen and oxygen atoms in total. The number of hydrogen-bond donors (Lipinski definition) is 1. The number of carbonyl (C=O) groups excluding carboxylic acids is 2. The number of β-amino-alcohol motifs (C(OH)–C–C–N with tert-alkyl or cyclic N) is 1. The molecule has 1 fully saturated rings. The Hall–Kier alpha value is -1.82. The number of hydrogen-bond acceptors (Lipinski definition) is 5. The highest BCUT2D eigenvalue weighted by molar-refractivity contribution is 5.95. The zero-order valence-electron chi connectivity index (χ0n) is 9.33. The van der Waals surface area contributed by atoms with Crippen molar-refractivity contribution in [3.05, 3.63) is 24.2 Å². The molecule has 1 saturated heterocycles. The fourth-order valence-corrected chi connectivity index (χ4v) is 1.94. The van der Waals surface area contributed by atoms with Gasteiger partial charge in [0.25, 0.3) is 5.91 Å². The molecule has 1 aromatic rings. The van der Waals surface area contributed by atoms with Crippen LogP contribution in [0.15, 0.2) is 22.8 Å². The van der Waals surface area contributed by atoms with Crippen LogP contribution in [-0.2, 0) is 9.53 Å². The lowest BCUT2D eigenvalue weighted by Crippen LogP contribution is -2.41. The number of amides is 1. The molecule has 1 aliphatic rings. The van der Waals surface area contributed by atoms with E-state index in [0.717, 1.165) is 0 Å². The molecule has 0 bridgehead atoms. The first-order valence-electron chi connectivity index (χ1n) is 5.24. The molecular formula is C11H13NO5. The van der Waals surface area contributed by atoms with Crippen molar-refractivity contribution < 1.29 is 23.8 Å². The lowest BCUT2D eigenvalue weighted by atomic mass is 10.2. The number of carbonyl (C=O) groups is 2. The minimum absolute atomic E-state index is 0.110. The van der Waals surface area contributed by atoms with Crippen molar-refractivity contribution in [3.63, 3.8) is 0 Å². The maximum Gasteiger partial charge on any atom is 0.328 e. The Bertz CT molecular complexity index is 414. The van der Waals surface area contributed by atoms with E-state index in [-0.39, 0.29) is 18.7 Å². The summed E-state index contributed by atoms with van der Waals surface area (Å²) in [5, 5.41) is 9.53. The van der Waals surface area contributed by atoms with E-state index >= 15 is 0 Å². The van der Waals surface area contributed by atoms with E-state index in [1.807, 2.05) is 0 Å². The average molecular weight is 239 g/mol. The van der Waals surface area contributed by atoms with Crippen LogP contribution < -0.4 is 0 Å². The number of likely N-dealkylation sites (tertiary alicyclic amines) is 1. The first kappa shape index (κ1) is 11.7. The SMILES string of the molecule is COC(=O)[C@@H]1C[C@@H](O)CN1C(=O)c1ccco1. The van der Waals surface area contributed by atoms with Crippen LogP contribution in [0.1, 0.15) is 17.0 Å². The Labute approximate surface area is 97.8 Å². The van der Waals surface area contributed by atoms with Gasteiger partial charge in [-0.25, -0.2) is 4.79 Å². The van der Waals surface area contributed by atoms with E-state index in [9.17, 15) is 14.7 Å². The second-order valence-electron chi connectivity index (χ2n) is 3.86. The molecule has 1 amide bonds. The second kappa shape index (κ2) is 4.58. The summed E-state index contributed by atoms with van der Waals surface area (Å²) < 4.78 is 9.59. The molecule has 0 radical (unpaired) electrons. The summed E-state index contributed by atoms with van der Waals surface area (Å²) >= 11 is 0. The molecule has 0 aromatic carbocycles. The van der Waals surface area contributed by atoms with Crippen LogP contribution in [-0.4, -0.2) is 47.7 Å². The molecule has 2 atom stereocenters. The molecule has 92 valence electrons. The maximum atomic E-state index is 12.0. The zero-order valence-corrected chi connectivity index (χ0v) is 9.33. The summed E-state index contributed by atoms with van der Waals surface area (Å²) in [5.41, 5.74) is 0. The van der Waals surface area contributed by atoms with Gasteiger partial charge >= 0.3 is 5.97 Å². The summed E-state index contributed by atoms with van der Waals surface area (Å²) in [5.74, 6) is -0.795. The topological polar surface area (TPSA) is 80.0 Å². The number of esters is 1. The van der Waals surface area contributed by atoms with Gasteiger partial charge in [0.1, 0.15) is 6.04 Å². The third-order valence-corrected chi connectivity index (χ3v) is 2.75. The number of rotatable bonds is 2. The van der Waals surface area contributed by atoms with Gasteiger partial charge in [0.05, 0.1) is 19.5 Å². The van der Waals surface area contributed by atoms with Gasteiger partial charge in [-0.05, 0) is 12.1 Å². The van der Waals surface area contributed by atoms with Gasteiger partial charge in [0.15, 0.2) is 5.76 Å². The third kappa shape index (κ3) is 2.16. The smallest absolute Gasteiger partial charge is 0.328 e. The van der Waals surface area contributed by atoms with Crippen molar-refractivity contribution in [2.75, 3.05) is 13.7 Å². The predicted molar refractivity (Wildman–Crippen MR) is 56.2 cm³/mol. The van der Waals surface area contributed by atoms with E-state index in [1.165, 1.54) is 24.3 Å². The van der Waals surface area contributed by atoms with Crippen molar-refractivity contribution in [2.24, 2.45) is 0 Å². The minimum Gasteiger partial charge on any atom is -0.467 e. The molecule has 0 spiro atoms. The number of nitrogens with zero attached hydrogens (tertiary/aromatic N) is 1. The summed E-state index contributed by atoms with van der Waals surface area (Å²) in [7, 11) is 1.25. The number of ether oxygens (including phenoxy) is 1. The van der Waals surface area contributed by atoms with Crippen LogP contribution in [0, 0.1) is 0 Å². The standard InChI is InChI=1S/C11H13NO5/c1-16-11(15)8-5-7(13)6-12(8)10(14)9-3-2-4-17-9/h2-4,7-8,13H,5-6H2,1H3/t7-,8+/m1/s1. The molecule has 1 aliphatic heterocycles. The minimum atomic E-state index is -0.743. The van der Waals surface area contributed by atoms with Gasteiger partial charge in [0, 0.05) is 13.0 Å². The van der Waals surface area contributed by atoms with Gasteiger partial charge in [0.2, 0.25) is 0 Å². The highest BCUT2D eigenvalue weighted by Gasteiger charge is 2.40. The van der Waals surface area contributed by atoms with Gasteiger partial charge in [-0.1, -0.05) is 0 Å². The van der Waals surface area contributed by atoms with Crippen LogP contribution in [0.25, 0.3) is 0 Å². The number of methoxy groups -OCH3 is 1. The average Bonchev–Trinajstić information content (AvgIpc) is 2.95. The first-order chi connectivity index (χ1) is 8.13. The fourth-order valence-electron chi connectivity index (χ4n) is 1.94. The molecule has 0 unspecified atom stereocenters. The van der Waals surface area contributed by atoms with E-state index in [0.29, 0.717) is 0 Å². The van der Waals surface area contributed by atoms with Crippen molar-refractivity contribution in [3.8, 4) is 0 Å². The molecule has 17 heavy (non-hydrogen) atoms. The molecule has 1 aromatic heterocycles. The number of furan rings is 1. The van der Waals surface area contributed by atoms with E-state index < -0.39 is 24.0 Å². The van der Waals surface area contributed by atoms with Gasteiger partial charge < -0.3 is 19.2 Å². The van der Waals surface area contributed by atoms with E-state index in [4.69, 9.17) is 4.42 Å². The fraction of sp³-hybridized carbons (Fsp3) is 0.455. The lowest BCUT2D eigenvalue weighted by molar-refractivity contribution is -0.145. The number of aliphatic hydroxyl groups excluding tert-OH is 1. The van der Waals surface area contributed by atoms with E-state index in [2.05, 4.69) is 4.74 Å². The van der Waals surface area contributed by atoms with Crippen molar-refractivity contribution in [1.29, 1.82) is 0 Å². The Kier molecular flexibility index (Phi) is 3.14. The molecule has 2 heterocycles. The summed E-state index contributed by atoms with van der Waals surface area (Å²) in [6, 6.07) is 2.36.